The Labute approximate surface area is 78.0 Å². The van der Waals surface area contributed by atoms with Crippen LogP contribution in [0.5, 0.6) is 0 Å². The maximum Gasteiger partial charge on any atom is 0.152 e. The van der Waals surface area contributed by atoms with Crippen LogP contribution >= 0.6 is 0 Å². The molecule has 2 N–H and O–H groups in total. The first-order chi connectivity index (χ1) is 6.16. The number of anilines is 1. The number of hydrogen-bond donors (Lipinski definition) is 1. The van der Waals surface area contributed by atoms with Crippen molar-refractivity contribution in [2.45, 2.75) is 13.8 Å². The van der Waals surface area contributed by atoms with Crippen LogP contribution in [0, 0.1) is 37.0 Å². The van der Waals surface area contributed by atoms with Crippen LogP contribution in [0.2, 0.25) is 0 Å². The molecule has 0 fully saturated rings. The van der Waals surface area contributed by atoms with E-state index in [-0.39, 0.29) is 0 Å². The first-order valence-corrected chi connectivity index (χ1v) is 3.92. The number of nitrogens with zero attached hydrogens (tertiary/aromatic N) is 1. The van der Waals surface area contributed by atoms with Crippen molar-refractivity contribution in [3.63, 3.8) is 0 Å². The molecule has 13 heavy (non-hydrogen) atoms. The Morgan fingerprint density at radius 3 is 2.54 bits per heavy atom. The summed E-state index contributed by atoms with van der Waals surface area (Å²) in [5.41, 5.74) is 9.41. The summed E-state index contributed by atoms with van der Waals surface area (Å²) in [6.45, 7) is 3.90. The van der Waals surface area contributed by atoms with Gasteiger partial charge in [0, 0.05) is 17.2 Å². The zero-order chi connectivity index (χ0) is 9.84. The Kier molecular flexibility index (Phi) is 2.57. The van der Waals surface area contributed by atoms with Gasteiger partial charge in [0.25, 0.3) is 0 Å². The van der Waals surface area contributed by atoms with E-state index in [4.69, 9.17) is 11.0 Å². The van der Waals surface area contributed by atoms with E-state index in [2.05, 4.69) is 11.8 Å². The first-order valence-electron chi connectivity index (χ1n) is 3.92. The fraction of sp³-hybridized carbons (Fsp3) is 0.182. The average molecular weight is 170 g/mol. The highest BCUT2D eigenvalue weighted by Crippen LogP contribution is 2.18. The third kappa shape index (κ3) is 1.80. The normalized spacial score (nSPS) is 8.38. The maximum atomic E-state index is 8.29. The molecule has 0 saturated heterocycles. The van der Waals surface area contributed by atoms with E-state index >= 15 is 0 Å². The molecule has 0 radical (unpaired) electrons. The predicted octanol–water partition coefficient (Wildman–Crippen LogP) is 1.76. The van der Waals surface area contributed by atoms with Crippen molar-refractivity contribution >= 4 is 5.69 Å². The van der Waals surface area contributed by atoms with Gasteiger partial charge in [0.15, 0.2) is 6.07 Å². The average Bonchev–Trinajstić information content (AvgIpc) is 2.13. The molecule has 0 bridgehead atoms. The molecule has 0 unspecified atom stereocenters. The van der Waals surface area contributed by atoms with Gasteiger partial charge in [-0.2, -0.15) is 5.26 Å². The molecule has 0 aromatic heterocycles. The van der Waals surface area contributed by atoms with Crippen LogP contribution in [0.15, 0.2) is 12.1 Å². The Balaban J connectivity index is 3.28. The van der Waals surface area contributed by atoms with Crippen molar-refractivity contribution in [2.75, 3.05) is 5.73 Å². The lowest BCUT2D eigenvalue weighted by molar-refractivity contribution is 1.32. The van der Waals surface area contributed by atoms with Crippen LogP contribution in [0.1, 0.15) is 16.7 Å². The van der Waals surface area contributed by atoms with Crippen molar-refractivity contribution in [1.82, 2.24) is 0 Å². The fourth-order valence-electron chi connectivity index (χ4n) is 1.07. The summed E-state index contributed by atoms with van der Waals surface area (Å²) in [5, 5.41) is 8.29. The summed E-state index contributed by atoms with van der Waals surface area (Å²) in [5.74, 6) is 5.13. The monoisotopic (exact) mass is 170 g/mol. The van der Waals surface area contributed by atoms with Crippen molar-refractivity contribution in [1.29, 1.82) is 5.26 Å². The molecule has 2 nitrogen and oxygen atoms in total. The highest BCUT2D eigenvalue weighted by atomic mass is 14.6. The quantitative estimate of drug-likeness (QED) is 0.476. The topological polar surface area (TPSA) is 49.8 Å². The van der Waals surface area contributed by atoms with Gasteiger partial charge in [-0.1, -0.05) is 5.92 Å². The summed E-state index contributed by atoms with van der Waals surface area (Å²) in [7, 11) is 0. The lowest BCUT2D eigenvalue weighted by atomic mass is 10.0. The summed E-state index contributed by atoms with van der Waals surface area (Å²) >= 11 is 0. The van der Waals surface area contributed by atoms with Crippen LogP contribution in [-0.2, 0) is 0 Å². The fourth-order valence-corrected chi connectivity index (χ4v) is 1.07. The molecule has 1 aromatic rings. The molecule has 0 saturated carbocycles. The van der Waals surface area contributed by atoms with Crippen LogP contribution in [0.25, 0.3) is 0 Å². The molecule has 0 spiro atoms. The van der Waals surface area contributed by atoms with E-state index in [1.165, 1.54) is 0 Å². The van der Waals surface area contributed by atoms with Gasteiger partial charge in [-0.15, -0.1) is 0 Å². The highest BCUT2D eigenvalue weighted by Gasteiger charge is 2.00. The molecule has 2 heteroatoms. The smallest absolute Gasteiger partial charge is 0.152 e. The minimum atomic E-state index is 0.764. The lowest BCUT2D eigenvalue weighted by Gasteiger charge is -2.05. The Morgan fingerprint density at radius 1 is 1.23 bits per heavy atom. The van der Waals surface area contributed by atoms with Crippen molar-refractivity contribution < 1.29 is 0 Å². The lowest BCUT2D eigenvalue weighted by Crippen LogP contribution is -1.94. The third-order valence-electron chi connectivity index (χ3n) is 2.08. The Hall–Kier alpha value is -1.93. The predicted molar refractivity (Wildman–Crippen MR) is 52.8 cm³/mol. The molecular formula is C11H10N2. The van der Waals surface area contributed by atoms with E-state index in [0.29, 0.717) is 0 Å². The van der Waals surface area contributed by atoms with Crippen molar-refractivity contribution in [3.8, 4) is 17.9 Å². The summed E-state index contributed by atoms with van der Waals surface area (Å²) in [6, 6.07) is 5.43. The molecular weight excluding hydrogens is 160 g/mol. The second-order valence-electron chi connectivity index (χ2n) is 2.81. The second kappa shape index (κ2) is 3.65. The van der Waals surface area contributed by atoms with Crippen LogP contribution in [0.4, 0.5) is 5.69 Å². The van der Waals surface area contributed by atoms with Gasteiger partial charge < -0.3 is 5.73 Å². The largest absolute Gasteiger partial charge is 0.399 e. The maximum absolute atomic E-state index is 8.29. The molecule has 0 aliphatic heterocycles. The zero-order valence-corrected chi connectivity index (χ0v) is 7.68. The summed E-state index contributed by atoms with van der Waals surface area (Å²) in [4.78, 5) is 0. The first kappa shape index (κ1) is 9.16. The molecule has 1 aromatic carbocycles. The molecule has 64 valence electrons. The van der Waals surface area contributed by atoms with Gasteiger partial charge in [0.2, 0.25) is 0 Å². The number of nitrogen functional groups attached to an aromatic ring is 1. The number of hydrogen-bond acceptors (Lipinski definition) is 2. The van der Waals surface area contributed by atoms with E-state index in [0.717, 1.165) is 22.4 Å². The molecule has 0 aliphatic rings. The van der Waals surface area contributed by atoms with Gasteiger partial charge in [-0.05, 0) is 37.1 Å². The second-order valence-corrected chi connectivity index (χ2v) is 2.81. The summed E-state index contributed by atoms with van der Waals surface area (Å²) in [6.07, 6.45) is 0. The van der Waals surface area contributed by atoms with Crippen molar-refractivity contribution in [2.24, 2.45) is 0 Å². The number of nitriles is 1. The molecule has 0 amide bonds. The van der Waals surface area contributed by atoms with E-state index in [9.17, 15) is 0 Å². The number of rotatable bonds is 0. The SMILES string of the molecule is Cc1c(N)ccc(C#CC#N)c1C. The molecule has 1 rings (SSSR count). The number of benzene rings is 1. The van der Waals surface area contributed by atoms with Crippen LogP contribution in [0.3, 0.4) is 0 Å². The standard InChI is InChI=1S/C11H10N2/c1-8-9(2)11(13)6-5-10(8)4-3-7-12/h5-6H,13H2,1-2H3. The van der Waals surface area contributed by atoms with E-state index in [1.807, 2.05) is 26.0 Å². The van der Waals surface area contributed by atoms with Crippen molar-refractivity contribution in [3.05, 3.63) is 28.8 Å². The number of nitrogens with two attached hydrogens (primary N) is 1. The zero-order valence-electron chi connectivity index (χ0n) is 7.68. The summed E-state index contributed by atoms with van der Waals surface area (Å²) < 4.78 is 0. The molecule has 0 aliphatic carbocycles. The van der Waals surface area contributed by atoms with E-state index in [1.54, 1.807) is 6.07 Å². The Morgan fingerprint density at radius 2 is 1.92 bits per heavy atom. The van der Waals surface area contributed by atoms with Gasteiger partial charge in [-0.25, -0.2) is 0 Å². The highest BCUT2D eigenvalue weighted by molar-refractivity contribution is 5.57. The molecule has 0 heterocycles. The molecule has 0 atom stereocenters. The minimum Gasteiger partial charge on any atom is -0.399 e. The van der Waals surface area contributed by atoms with Crippen LogP contribution in [-0.4, -0.2) is 0 Å². The van der Waals surface area contributed by atoms with E-state index < -0.39 is 0 Å². The van der Waals surface area contributed by atoms with Crippen LogP contribution < -0.4 is 5.73 Å². The third-order valence-corrected chi connectivity index (χ3v) is 2.08. The van der Waals surface area contributed by atoms with Gasteiger partial charge in [0.05, 0.1) is 0 Å². The van der Waals surface area contributed by atoms with Gasteiger partial charge >= 0.3 is 0 Å². The minimum absolute atomic E-state index is 0.764. The Bertz CT molecular complexity index is 428. The van der Waals surface area contributed by atoms with Gasteiger partial charge in [-0.3, -0.25) is 0 Å². The van der Waals surface area contributed by atoms with Gasteiger partial charge in [0.1, 0.15) is 0 Å².